The van der Waals surface area contributed by atoms with E-state index in [4.69, 9.17) is 16.1 Å². The molecule has 1 saturated heterocycles. The van der Waals surface area contributed by atoms with Gasteiger partial charge in [0.25, 0.3) is 5.91 Å². The number of likely N-dealkylation sites (tertiary alicyclic amines) is 1. The maximum absolute atomic E-state index is 12.3. The summed E-state index contributed by atoms with van der Waals surface area (Å²) in [6, 6.07) is 10.8. The van der Waals surface area contributed by atoms with Crippen LogP contribution in [0.3, 0.4) is 0 Å². The average Bonchev–Trinajstić information content (AvgIpc) is 3.37. The first kappa shape index (κ1) is 18.7. The summed E-state index contributed by atoms with van der Waals surface area (Å²) < 4.78 is 5.34. The SMILES string of the molecule is CN1CC[C@@](O)(c2cc(-c3cccc(-c4ncc5ccnc(Cl)c5n4)c3)no2)C1=O. The molecule has 0 saturated carbocycles. The number of fused-ring (bicyclic) bond motifs is 1. The van der Waals surface area contributed by atoms with Crippen molar-refractivity contribution in [3.63, 3.8) is 0 Å². The molecule has 1 amide bonds. The summed E-state index contributed by atoms with van der Waals surface area (Å²) in [5.41, 5.74) is 0.899. The first-order valence-electron chi connectivity index (χ1n) is 9.29. The van der Waals surface area contributed by atoms with Gasteiger partial charge in [0.1, 0.15) is 11.2 Å². The van der Waals surface area contributed by atoms with Crippen LogP contribution in [0.5, 0.6) is 0 Å². The molecule has 1 fully saturated rings. The van der Waals surface area contributed by atoms with Gasteiger partial charge in [-0.2, -0.15) is 0 Å². The molecule has 8 nitrogen and oxygen atoms in total. The number of hydrogen-bond donors (Lipinski definition) is 1. The zero-order valence-electron chi connectivity index (χ0n) is 15.9. The van der Waals surface area contributed by atoms with Crippen LogP contribution in [0.4, 0.5) is 0 Å². The highest BCUT2D eigenvalue weighted by atomic mass is 35.5. The number of hydrogen-bond acceptors (Lipinski definition) is 7. The zero-order chi connectivity index (χ0) is 20.9. The lowest BCUT2D eigenvalue weighted by molar-refractivity contribution is -0.144. The van der Waals surface area contributed by atoms with E-state index >= 15 is 0 Å². The second-order valence-electron chi connectivity index (χ2n) is 7.23. The smallest absolute Gasteiger partial charge is 0.262 e. The van der Waals surface area contributed by atoms with Crippen molar-refractivity contribution in [1.82, 2.24) is 25.0 Å². The number of carbonyl (C=O) groups excluding carboxylic acids is 1. The van der Waals surface area contributed by atoms with Crippen LogP contribution in [0.2, 0.25) is 5.15 Å². The number of pyridine rings is 1. The van der Waals surface area contributed by atoms with Crippen LogP contribution in [0.25, 0.3) is 33.5 Å². The molecule has 9 heteroatoms. The zero-order valence-corrected chi connectivity index (χ0v) is 16.7. The van der Waals surface area contributed by atoms with Gasteiger partial charge in [-0.3, -0.25) is 4.79 Å². The molecule has 150 valence electrons. The predicted molar refractivity (Wildman–Crippen MR) is 109 cm³/mol. The minimum Gasteiger partial charge on any atom is -0.373 e. The fourth-order valence-corrected chi connectivity index (χ4v) is 3.78. The monoisotopic (exact) mass is 421 g/mol. The molecular weight excluding hydrogens is 406 g/mol. The normalized spacial score (nSPS) is 19.0. The van der Waals surface area contributed by atoms with Crippen molar-refractivity contribution in [2.24, 2.45) is 0 Å². The summed E-state index contributed by atoms with van der Waals surface area (Å²) in [6.07, 6.45) is 3.57. The quantitative estimate of drug-likeness (QED) is 0.507. The summed E-state index contributed by atoms with van der Waals surface area (Å²) in [6.45, 7) is 0.456. The van der Waals surface area contributed by atoms with E-state index in [0.717, 1.165) is 16.5 Å². The van der Waals surface area contributed by atoms with Gasteiger partial charge in [-0.05, 0) is 12.1 Å². The van der Waals surface area contributed by atoms with E-state index in [2.05, 4.69) is 20.1 Å². The Hall–Kier alpha value is -3.36. The third-order valence-electron chi connectivity index (χ3n) is 5.30. The Labute approximate surface area is 176 Å². The molecule has 5 rings (SSSR count). The van der Waals surface area contributed by atoms with Crippen LogP contribution in [0.1, 0.15) is 12.2 Å². The molecule has 30 heavy (non-hydrogen) atoms. The number of nitrogens with zero attached hydrogens (tertiary/aromatic N) is 5. The fourth-order valence-electron chi connectivity index (χ4n) is 3.57. The van der Waals surface area contributed by atoms with Crippen LogP contribution in [0.15, 0.2) is 53.3 Å². The molecule has 3 aromatic heterocycles. The molecule has 1 N–H and O–H groups in total. The van der Waals surface area contributed by atoms with Crippen molar-refractivity contribution < 1.29 is 14.4 Å². The Kier molecular flexibility index (Phi) is 4.27. The van der Waals surface area contributed by atoms with Crippen molar-refractivity contribution in [3.05, 3.63) is 59.7 Å². The van der Waals surface area contributed by atoms with E-state index in [1.54, 1.807) is 31.6 Å². The highest BCUT2D eigenvalue weighted by molar-refractivity contribution is 6.33. The number of carbonyl (C=O) groups is 1. The first-order chi connectivity index (χ1) is 14.5. The summed E-state index contributed by atoms with van der Waals surface area (Å²) >= 11 is 6.17. The Bertz CT molecular complexity index is 1290. The Balaban J connectivity index is 1.51. The summed E-state index contributed by atoms with van der Waals surface area (Å²) in [7, 11) is 1.65. The second kappa shape index (κ2) is 6.86. The van der Waals surface area contributed by atoms with Gasteiger partial charge in [-0.15, -0.1) is 0 Å². The minimum atomic E-state index is -1.68. The molecule has 4 heterocycles. The first-order valence-corrected chi connectivity index (χ1v) is 9.67. The number of aliphatic hydroxyl groups is 1. The minimum absolute atomic E-state index is 0.136. The summed E-state index contributed by atoms with van der Waals surface area (Å²) in [4.78, 5) is 26.8. The summed E-state index contributed by atoms with van der Waals surface area (Å²) in [5.74, 6) is 0.236. The Morgan fingerprint density at radius 1 is 1.20 bits per heavy atom. The molecule has 0 spiro atoms. The number of rotatable bonds is 3. The number of aromatic nitrogens is 4. The third-order valence-corrected chi connectivity index (χ3v) is 5.57. The molecular formula is C21H16ClN5O3. The molecule has 1 atom stereocenters. The number of halogens is 1. The van der Waals surface area contributed by atoms with Gasteiger partial charge in [0.05, 0.1) is 0 Å². The molecule has 1 aliphatic heterocycles. The lowest BCUT2D eigenvalue weighted by atomic mass is 9.98. The van der Waals surface area contributed by atoms with E-state index in [1.165, 1.54) is 4.90 Å². The van der Waals surface area contributed by atoms with Gasteiger partial charge < -0.3 is 14.5 Å². The molecule has 1 aliphatic rings. The largest absolute Gasteiger partial charge is 0.373 e. The van der Waals surface area contributed by atoms with E-state index < -0.39 is 11.5 Å². The van der Waals surface area contributed by atoms with Crippen LogP contribution in [-0.2, 0) is 10.4 Å². The molecule has 1 aromatic carbocycles. The van der Waals surface area contributed by atoms with Crippen LogP contribution in [-0.4, -0.2) is 49.6 Å². The van der Waals surface area contributed by atoms with Crippen LogP contribution in [0, 0.1) is 0 Å². The summed E-state index contributed by atoms with van der Waals surface area (Å²) in [5, 5.41) is 15.9. The van der Waals surface area contributed by atoms with Crippen molar-refractivity contribution in [1.29, 1.82) is 0 Å². The van der Waals surface area contributed by atoms with E-state index in [9.17, 15) is 9.90 Å². The van der Waals surface area contributed by atoms with E-state index in [0.29, 0.717) is 28.7 Å². The topological polar surface area (TPSA) is 105 Å². The Morgan fingerprint density at radius 3 is 2.83 bits per heavy atom. The molecule has 0 unspecified atom stereocenters. The van der Waals surface area contributed by atoms with E-state index in [-0.39, 0.29) is 12.2 Å². The lowest BCUT2D eigenvalue weighted by Gasteiger charge is -2.16. The van der Waals surface area contributed by atoms with Gasteiger partial charge >= 0.3 is 0 Å². The lowest BCUT2D eigenvalue weighted by Crippen LogP contribution is -2.35. The fraction of sp³-hybridized carbons (Fsp3) is 0.190. The standard InChI is InChI=1S/C21H16ClN5O3/c1-27-8-6-21(29,20(27)28)16-10-15(26-30-16)12-3-2-4-13(9-12)19-24-11-14-5-7-23-18(22)17(14)25-19/h2-5,7,9-11,29H,6,8H2,1H3/t21-/m1/s1. The maximum atomic E-state index is 12.3. The van der Waals surface area contributed by atoms with Crippen LogP contribution >= 0.6 is 11.6 Å². The van der Waals surface area contributed by atoms with Crippen molar-refractivity contribution in [2.75, 3.05) is 13.6 Å². The second-order valence-corrected chi connectivity index (χ2v) is 7.59. The van der Waals surface area contributed by atoms with Crippen molar-refractivity contribution in [3.8, 4) is 22.6 Å². The highest BCUT2D eigenvalue weighted by Crippen LogP contribution is 2.35. The van der Waals surface area contributed by atoms with Gasteiger partial charge in [0.15, 0.2) is 16.7 Å². The van der Waals surface area contributed by atoms with Crippen molar-refractivity contribution >= 4 is 28.4 Å². The van der Waals surface area contributed by atoms with Gasteiger partial charge in [-0.25, -0.2) is 15.0 Å². The molecule has 4 aromatic rings. The van der Waals surface area contributed by atoms with Gasteiger partial charge in [-0.1, -0.05) is 35.0 Å². The number of amides is 1. The average molecular weight is 422 g/mol. The number of likely N-dealkylation sites (N-methyl/N-ethyl adjacent to an activating group) is 1. The van der Waals surface area contributed by atoms with Gasteiger partial charge in [0.2, 0.25) is 5.60 Å². The third kappa shape index (κ3) is 2.92. The highest BCUT2D eigenvalue weighted by Gasteiger charge is 2.48. The van der Waals surface area contributed by atoms with Gasteiger partial charge in [0, 0.05) is 55.0 Å². The van der Waals surface area contributed by atoms with E-state index in [1.807, 2.05) is 24.3 Å². The van der Waals surface area contributed by atoms with Crippen LogP contribution < -0.4 is 0 Å². The number of benzene rings is 1. The molecule has 0 bridgehead atoms. The van der Waals surface area contributed by atoms with Crippen molar-refractivity contribution in [2.45, 2.75) is 12.0 Å². The molecule has 0 aliphatic carbocycles. The maximum Gasteiger partial charge on any atom is 0.262 e. The predicted octanol–water partition coefficient (Wildman–Crippen LogP) is 3.05. The molecule has 0 radical (unpaired) electrons. The Morgan fingerprint density at radius 2 is 2.03 bits per heavy atom.